The van der Waals surface area contributed by atoms with Crippen molar-refractivity contribution < 1.29 is 19.4 Å². The second-order valence-corrected chi connectivity index (χ2v) is 5.28. The van der Waals surface area contributed by atoms with Crippen LogP contribution in [0.15, 0.2) is 36.4 Å². The van der Waals surface area contributed by atoms with Gasteiger partial charge in [-0.05, 0) is 37.1 Å². The monoisotopic (exact) mass is 282 g/mol. The summed E-state index contributed by atoms with van der Waals surface area (Å²) in [6.45, 7) is 3.86. The Morgan fingerprint density at radius 1 is 1.19 bits per heavy atom. The Bertz CT molecular complexity index is 761. The minimum Gasteiger partial charge on any atom is -0.478 e. The first-order valence-corrected chi connectivity index (χ1v) is 6.63. The Morgan fingerprint density at radius 2 is 1.95 bits per heavy atom. The van der Waals surface area contributed by atoms with E-state index in [0.29, 0.717) is 11.3 Å². The predicted octanol–water partition coefficient (Wildman–Crippen LogP) is 3.05. The van der Waals surface area contributed by atoms with Gasteiger partial charge in [-0.1, -0.05) is 29.8 Å². The number of aromatic carboxylic acids is 1. The molecule has 0 saturated carbocycles. The molecule has 0 aromatic heterocycles. The molecule has 4 heteroatoms. The number of carboxylic acids is 1. The molecule has 1 aliphatic heterocycles. The van der Waals surface area contributed by atoms with Gasteiger partial charge in [0.05, 0.1) is 5.56 Å². The van der Waals surface area contributed by atoms with Crippen molar-refractivity contribution in [2.75, 3.05) is 0 Å². The molecule has 1 aliphatic rings. The molecular weight excluding hydrogens is 268 g/mol. The van der Waals surface area contributed by atoms with Crippen molar-refractivity contribution in [1.82, 2.24) is 0 Å². The zero-order chi connectivity index (χ0) is 15.1. The molecule has 2 aromatic rings. The SMILES string of the molecule is Cc1cc(C)c2c(c1)C(c1cccc(C(=O)O)c1)C(=O)O2. The molecule has 0 aliphatic carbocycles. The van der Waals surface area contributed by atoms with E-state index in [0.717, 1.165) is 16.7 Å². The highest BCUT2D eigenvalue weighted by atomic mass is 16.5. The van der Waals surface area contributed by atoms with Gasteiger partial charge >= 0.3 is 11.9 Å². The lowest BCUT2D eigenvalue weighted by Gasteiger charge is -2.09. The van der Waals surface area contributed by atoms with E-state index in [1.165, 1.54) is 12.1 Å². The van der Waals surface area contributed by atoms with Crippen LogP contribution in [0.25, 0.3) is 0 Å². The molecule has 0 spiro atoms. The van der Waals surface area contributed by atoms with Gasteiger partial charge in [0.25, 0.3) is 0 Å². The topological polar surface area (TPSA) is 63.6 Å². The lowest BCUT2D eigenvalue weighted by molar-refractivity contribution is -0.133. The van der Waals surface area contributed by atoms with Gasteiger partial charge in [0.1, 0.15) is 11.7 Å². The summed E-state index contributed by atoms with van der Waals surface area (Å²) >= 11 is 0. The molecule has 0 amide bonds. The smallest absolute Gasteiger partial charge is 0.335 e. The van der Waals surface area contributed by atoms with E-state index in [-0.39, 0.29) is 11.5 Å². The number of esters is 1. The predicted molar refractivity (Wildman–Crippen MR) is 76.8 cm³/mol. The Balaban J connectivity index is 2.15. The molecule has 0 radical (unpaired) electrons. The number of benzene rings is 2. The molecule has 1 heterocycles. The fourth-order valence-electron chi connectivity index (χ4n) is 2.79. The van der Waals surface area contributed by atoms with E-state index >= 15 is 0 Å². The number of rotatable bonds is 2. The first-order valence-electron chi connectivity index (χ1n) is 6.63. The maximum absolute atomic E-state index is 12.2. The number of hydrogen-bond donors (Lipinski definition) is 1. The maximum Gasteiger partial charge on any atom is 0.335 e. The van der Waals surface area contributed by atoms with E-state index in [1.807, 2.05) is 26.0 Å². The molecule has 0 saturated heterocycles. The average Bonchev–Trinajstić information content (AvgIpc) is 2.75. The number of carboxylic acid groups (broad SMARTS) is 1. The number of ether oxygens (including phenoxy) is 1. The quantitative estimate of drug-likeness (QED) is 0.679. The first-order chi connectivity index (χ1) is 9.97. The Labute approximate surface area is 122 Å². The van der Waals surface area contributed by atoms with Crippen LogP contribution in [-0.2, 0) is 4.79 Å². The molecule has 4 nitrogen and oxygen atoms in total. The third-order valence-electron chi connectivity index (χ3n) is 3.66. The van der Waals surface area contributed by atoms with Crippen LogP contribution in [0, 0.1) is 13.8 Å². The fraction of sp³-hybridized carbons (Fsp3) is 0.176. The highest BCUT2D eigenvalue weighted by Gasteiger charge is 2.35. The Hall–Kier alpha value is -2.62. The molecule has 0 fully saturated rings. The van der Waals surface area contributed by atoms with Gasteiger partial charge in [0.2, 0.25) is 0 Å². The van der Waals surface area contributed by atoms with Gasteiger partial charge in [0, 0.05) is 5.56 Å². The van der Waals surface area contributed by atoms with Crippen LogP contribution >= 0.6 is 0 Å². The van der Waals surface area contributed by atoms with Crippen LogP contribution in [0.1, 0.15) is 38.5 Å². The zero-order valence-corrected chi connectivity index (χ0v) is 11.7. The third-order valence-corrected chi connectivity index (χ3v) is 3.66. The van der Waals surface area contributed by atoms with Gasteiger partial charge in [-0.3, -0.25) is 4.79 Å². The summed E-state index contributed by atoms with van der Waals surface area (Å²) in [5, 5.41) is 9.09. The zero-order valence-electron chi connectivity index (χ0n) is 11.7. The van der Waals surface area contributed by atoms with Crippen molar-refractivity contribution in [1.29, 1.82) is 0 Å². The molecule has 21 heavy (non-hydrogen) atoms. The van der Waals surface area contributed by atoms with Gasteiger partial charge in [-0.25, -0.2) is 4.79 Å². The molecule has 1 N–H and O–H groups in total. The summed E-state index contributed by atoms with van der Waals surface area (Å²) in [5.74, 6) is -1.33. The summed E-state index contributed by atoms with van der Waals surface area (Å²) in [6.07, 6.45) is 0. The fourth-order valence-corrected chi connectivity index (χ4v) is 2.79. The first kappa shape index (κ1) is 13.4. The summed E-state index contributed by atoms with van der Waals surface area (Å²) in [4.78, 5) is 23.3. The van der Waals surface area contributed by atoms with Gasteiger partial charge in [-0.2, -0.15) is 0 Å². The van der Waals surface area contributed by atoms with Crippen LogP contribution in [0.5, 0.6) is 5.75 Å². The van der Waals surface area contributed by atoms with E-state index < -0.39 is 11.9 Å². The van der Waals surface area contributed by atoms with Crippen molar-refractivity contribution in [3.05, 3.63) is 64.2 Å². The number of hydrogen-bond acceptors (Lipinski definition) is 3. The van der Waals surface area contributed by atoms with Crippen molar-refractivity contribution in [3.63, 3.8) is 0 Å². The van der Waals surface area contributed by atoms with Gasteiger partial charge in [0.15, 0.2) is 0 Å². The molecular formula is C17H14O4. The number of fused-ring (bicyclic) bond motifs is 1. The molecule has 2 aromatic carbocycles. The summed E-state index contributed by atoms with van der Waals surface area (Å²) in [6, 6.07) is 10.3. The normalized spacial score (nSPS) is 16.5. The Kier molecular flexibility index (Phi) is 3.01. The largest absolute Gasteiger partial charge is 0.478 e. The second-order valence-electron chi connectivity index (χ2n) is 5.28. The molecule has 106 valence electrons. The lowest BCUT2D eigenvalue weighted by Crippen LogP contribution is -2.12. The van der Waals surface area contributed by atoms with Crippen molar-refractivity contribution in [2.45, 2.75) is 19.8 Å². The lowest BCUT2D eigenvalue weighted by atomic mass is 9.90. The highest BCUT2D eigenvalue weighted by Crippen LogP contribution is 2.41. The van der Waals surface area contributed by atoms with E-state index in [9.17, 15) is 9.59 Å². The van der Waals surface area contributed by atoms with Crippen molar-refractivity contribution in [2.24, 2.45) is 0 Å². The minimum absolute atomic E-state index is 0.165. The Morgan fingerprint density at radius 3 is 2.67 bits per heavy atom. The van der Waals surface area contributed by atoms with E-state index in [1.54, 1.807) is 12.1 Å². The molecule has 3 rings (SSSR count). The highest BCUT2D eigenvalue weighted by molar-refractivity contribution is 5.92. The van der Waals surface area contributed by atoms with E-state index in [2.05, 4.69) is 0 Å². The van der Waals surface area contributed by atoms with Gasteiger partial charge in [-0.15, -0.1) is 0 Å². The minimum atomic E-state index is -1.01. The molecule has 0 bridgehead atoms. The number of aryl methyl sites for hydroxylation is 2. The van der Waals surface area contributed by atoms with Crippen molar-refractivity contribution >= 4 is 11.9 Å². The average molecular weight is 282 g/mol. The van der Waals surface area contributed by atoms with Gasteiger partial charge < -0.3 is 9.84 Å². The summed E-state index contributed by atoms with van der Waals surface area (Å²) in [7, 11) is 0. The van der Waals surface area contributed by atoms with E-state index in [4.69, 9.17) is 9.84 Å². The summed E-state index contributed by atoms with van der Waals surface area (Å²) in [5.41, 5.74) is 3.57. The number of carbonyl (C=O) groups excluding carboxylic acids is 1. The van der Waals surface area contributed by atoms with Crippen LogP contribution in [0.4, 0.5) is 0 Å². The van der Waals surface area contributed by atoms with Crippen LogP contribution in [0.3, 0.4) is 0 Å². The van der Waals surface area contributed by atoms with Crippen LogP contribution in [0.2, 0.25) is 0 Å². The molecule has 1 atom stereocenters. The maximum atomic E-state index is 12.2. The van der Waals surface area contributed by atoms with Crippen molar-refractivity contribution in [3.8, 4) is 5.75 Å². The third kappa shape index (κ3) is 2.18. The standard InChI is InChI=1S/C17H14O4/c1-9-6-10(2)15-13(7-9)14(17(20)21-15)11-4-3-5-12(8-11)16(18)19/h3-8,14H,1-2H3,(H,18,19). The molecule has 1 unspecified atom stereocenters. The van der Waals surface area contributed by atoms with Crippen LogP contribution in [-0.4, -0.2) is 17.0 Å². The number of carbonyl (C=O) groups is 2. The summed E-state index contributed by atoms with van der Waals surface area (Å²) < 4.78 is 5.37. The second kappa shape index (κ2) is 4.74. The van der Waals surface area contributed by atoms with Crippen LogP contribution < -0.4 is 4.74 Å².